The van der Waals surface area contributed by atoms with Crippen LogP contribution in [0.2, 0.25) is 0 Å². The van der Waals surface area contributed by atoms with E-state index in [1.165, 1.54) is 11.8 Å². The smallest absolute Gasteiger partial charge is 0.233 e. The van der Waals surface area contributed by atoms with Crippen molar-refractivity contribution in [1.29, 1.82) is 0 Å². The lowest BCUT2D eigenvalue weighted by atomic mass is 10.1. The van der Waals surface area contributed by atoms with Crippen molar-refractivity contribution < 1.29 is 9.53 Å². The van der Waals surface area contributed by atoms with E-state index in [9.17, 15) is 4.79 Å². The maximum Gasteiger partial charge on any atom is 0.233 e. The van der Waals surface area contributed by atoms with E-state index in [0.717, 1.165) is 26.6 Å². The molecule has 1 amide bonds. The predicted molar refractivity (Wildman–Crippen MR) is 104 cm³/mol. The second-order valence-electron chi connectivity index (χ2n) is 5.89. The predicted octanol–water partition coefficient (Wildman–Crippen LogP) is 3.01. The van der Waals surface area contributed by atoms with Gasteiger partial charge in [0.1, 0.15) is 16.0 Å². The largest absolute Gasteiger partial charge is 0.378 e. The fourth-order valence-corrected chi connectivity index (χ4v) is 4.39. The van der Waals surface area contributed by atoms with Crippen molar-refractivity contribution in [2.24, 2.45) is 0 Å². The minimum atomic E-state index is 0.101. The van der Waals surface area contributed by atoms with Crippen LogP contribution in [-0.2, 0) is 9.53 Å². The molecule has 0 aliphatic carbocycles. The van der Waals surface area contributed by atoms with E-state index in [4.69, 9.17) is 9.72 Å². The van der Waals surface area contributed by atoms with Crippen LogP contribution in [0.4, 0.5) is 0 Å². The van der Waals surface area contributed by atoms with Gasteiger partial charge in [-0.1, -0.05) is 53.4 Å². The Balaban J connectivity index is 1.60. The summed E-state index contributed by atoms with van der Waals surface area (Å²) in [4.78, 5) is 29.0. The average Bonchev–Trinajstić information content (AvgIpc) is 3.07. The third-order valence-electron chi connectivity index (χ3n) is 4.08. The molecule has 3 aromatic rings. The quantitative estimate of drug-likeness (QED) is 0.507. The van der Waals surface area contributed by atoms with Crippen molar-refractivity contribution >= 4 is 39.4 Å². The number of carbonyl (C=O) groups is 1. The van der Waals surface area contributed by atoms with E-state index in [1.807, 2.05) is 42.2 Å². The van der Waals surface area contributed by atoms with Crippen molar-refractivity contribution in [1.82, 2.24) is 19.9 Å². The molecule has 1 aliphatic rings. The second-order valence-corrected chi connectivity index (χ2v) is 8.01. The molecule has 1 aromatic carbocycles. The van der Waals surface area contributed by atoms with Gasteiger partial charge < -0.3 is 9.64 Å². The molecular weight excluding hydrogens is 368 g/mol. The number of nitrogens with zero attached hydrogens (tertiary/aromatic N) is 4. The molecule has 8 heteroatoms. The van der Waals surface area contributed by atoms with E-state index in [1.54, 1.807) is 11.3 Å². The van der Waals surface area contributed by atoms with Crippen molar-refractivity contribution in [2.45, 2.75) is 12.1 Å². The van der Waals surface area contributed by atoms with Crippen LogP contribution in [0.5, 0.6) is 0 Å². The first-order valence-corrected chi connectivity index (χ1v) is 10.2. The molecule has 134 valence electrons. The van der Waals surface area contributed by atoms with Gasteiger partial charge in [0.05, 0.1) is 24.0 Å². The highest BCUT2D eigenvalue weighted by molar-refractivity contribution is 7.99. The zero-order chi connectivity index (χ0) is 17.9. The number of thiazole rings is 1. The first-order chi connectivity index (χ1) is 12.7. The number of carbonyl (C=O) groups excluding carboxylic acids is 1. The van der Waals surface area contributed by atoms with Gasteiger partial charge >= 0.3 is 0 Å². The van der Waals surface area contributed by atoms with Gasteiger partial charge in [0.25, 0.3) is 0 Å². The molecule has 0 atom stereocenters. The zero-order valence-corrected chi connectivity index (χ0v) is 16.0. The lowest BCUT2D eigenvalue weighted by Gasteiger charge is -2.26. The van der Waals surface area contributed by atoms with Gasteiger partial charge in [-0.2, -0.15) is 0 Å². The van der Waals surface area contributed by atoms with E-state index in [0.29, 0.717) is 37.2 Å². The summed E-state index contributed by atoms with van der Waals surface area (Å²) in [5.74, 6) is 0.432. The Kier molecular flexibility index (Phi) is 5.14. The molecule has 0 unspecified atom stereocenters. The number of rotatable bonds is 4. The van der Waals surface area contributed by atoms with Gasteiger partial charge in [-0.25, -0.2) is 15.0 Å². The summed E-state index contributed by atoms with van der Waals surface area (Å²) in [5.41, 5.74) is 2.65. The standard InChI is InChI=1S/C18H18N4O2S2/c1-12-19-16-15(13-5-3-2-4-6-13)20-18(21-17(16)26-12)25-11-14(23)22-7-9-24-10-8-22/h2-6H,7-11H2,1H3. The van der Waals surface area contributed by atoms with Crippen molar-refractivity contribution in [3.05, 3.63) is 35.3 Å². The van der Waals surface area contributed by atoms with E-state index in [2.05, 4.69) is 9.97 Å². The van der Waals surface area contributed by atoms with Crippen LogP contribution in [0.3, 0.4) is 0 Å². The number of aromatic nitrogens is 3. The molecule has 1 aliphatic heterocycles. The number of ether oxygens (including phenoxy) is 1. The van der Waals surface area contributed by atoms with E-state index in [-0.39, 0.29) is 5.91 Å². The molecule has 1 saturated heterocycles. The van der Waals surface area contributed by atoms with Crippen LogP contribution in [0.15, 0.2) is 35.5 Å². The lowest BCUT2D eigenvalue weighted by molar-refractivity contribution is -0.132. The molecule has 0 bridgehead atoms. The third kappa shape index (κ3) is 3.72. The number of hydrogen-bond acceptors (Lipinski definition) is 7. The Morgan fingerprint density at radius 2 is 1.96 bits per heavy atom. The maximum absolute atomic E-state index is 12.4. The fourth-order valence-electron chi connectivity index (χ4n) is 2.80. The van der Waals surface area contributed by atoms with Gasteiger partial charge in [0.15, 0.2) is 5.16 Å². The Morgan fingerprint density at radius 1 is 1.19 bits per heavy atom. The lowest BCUT2D eigenvalue weighted by Crippen LogP contribution is -2.41. The summed E-state index contributed by atoms with van der Waals surface area (Å²) >= 11 is 2.93. The number of amides is 1. The summed E-state index contributed by atoms with van der Waals surface area (Å²) in [7, 11) is 0. The number of fused-ring (bicyclic) bond motifs is 1. The number of aryl methyl sites for hydroxylation is 1. The number of thioether (sulfide) groups is 1. The van der Waals surface area contributed by atoms with Gasteiger partial charge in [0.2, 0.25) is 5.91 Å². The number of hydrogen-bond donors (Lipinski definition) is 0. The molecule has 0 radical (unpaired) electrons. The zero-order valence-electron chi connectivity index (χ0n) is 14.3. The Labute approximate surface area is 159 Å². The van der Waals surface area contributed by atoms with Crippen molar-refractivity contribution in [3.8, 4) is 11.3 Å². The molecular formula is C18H18N4O2S2. The molecule has 6 nitrogen and oxygen atoms in total. The van der Waals surface area contributed by atoms with Crippen LogP contribution in [-0.4, -0.2) is 57.8 Å². The molecule has 2 aromatic heterocycles. The average molecular weight is 387 g/mol. The summed E-state index contributed by atoms with van der Waals surface area (Å²) in [6.45, 7) is 4.50. The molecule has 0 N–H and O–H groups in total. The highest BCUT2D eigenvalue weighted by Crippen LogP contribution is 2.31. The SMILES string of the molecule is Cc1nc2c(-c3ccccc3)nc(SCC(=O)N3CCOCC3)nc2s1. The molecule has 3 heterocycles. The van der Waals surface area contributed by atoms with Crippen molar-refractivity contribution in [2.75, 3.05) is 32.1 Å². The van der Waals surface area contributed by atoms with Crippen LogP contribution < -0.4 is 0 Å². The monoisotopic (exact) mass is 386 g/mol. The van der Waals surface area contributed by atoms with E-state index >= 15 is 0 Å². The van der Waals surface area contributed by atoms with Gasteiger partial charge in [-0.15, -0.1) is 0 Å². The first-order valence-electron chi connectivity index (χ1n) is 8.39. The Bertz CT molecular complexity index is 924. The Morgan fingerprint density at radius 3 is 2.73 bits per heavy atom. The number of benzene rings is 1. The first kappa shape index (κ1) is 17.4. The van der Waals surface area contributed by atoms with Crippen LogP contribution in [0.25, 0.3) is 21.6 Å². The topological polar surface area (TPSA) is 68.2 Å². The summed E-state index contributed by atoms with van der Waals surface area (Å²) in [6, 6.07) is 9.98. The molecule has 1 fully saturated rings. The fraction of sp³-hybridized carbons (Fsp3) is 0.333. The highest BCUT2D eigenvalue weighted by Gasteiger charge is 2.19. The molecule has 0 spiro atoms. The number of morpholine rings is 1. The van der Waals surface area contributed by atoms with Crippen LogP contribution in [0, 0.1) is 6.92 Å². The van der Waals surface area contributed by atoms with Gasteiger partial charge in [-0.05, 0) is 6.92 Å². The van der Waals surface area contributed by atoms with Crippen molar-refractivity contribution in [3.63, 3.8) is 0 Å². The van der Waals surface area contributed by atoms with Gasteiger partial charge in [0, 0.05) is 18.7 Å². The second kappa shape index (κ2) is 7.69. The minimum Gasteiger partial charge on any atom is -0.378 e. The minimum absolute atomic E-state index is 0.101. The van der Waals surface area contributed by atoms with Crippen LogP contribution >= 0.6 is 23.1 Å². The maximum atomic E-state index is 12.4. The third-order valence-corrected chi connectivity index (χ3v) is 5.78. The van der Waals surface area contributed by atoms with Crippen LogP contribution in [0.1, 0.15) is 5.01 Å². The van der Waals surface area contributed by atoms with E-state index < -0.39 is 0 Å². The molecule has 4 rings (SSSR count). The highest BCUT2D eigenvalue weighted by atomic mass is 32.2. The summed E-state index contributed by atoms with van der Waals surface area (Å²) in [5, 5.41) is 1.57. The van der Waals surface area contributed by atoms with Gasteiger partial charge in [-0.3, -0.25) is 4.79 Å². The molecule has 26 heavy (non-hydrogen) atoms. The summed E-state index contributed by atoms with van der Waals surface area (Å²) < 4.78 is 5.30. The summed E-state index contributed by atoms with van der Waals surface area (Å²) in [6.07, 6.45) is 0. The Hall–Kier alpha value is -2.03. The normalized spacial score (nSPS) is 14.7. The molecule has 0 saturated carbocycles.